The van der Waals surface area contributed by atoms with Gasteiger partial charge in [0, 0.05) is 47.3 Å². The predicted octanol–water partition coefficient (Wildman–Crippen LogP) is 4.35. The molecule has 2 atom stereocenters. The number of aromatic nitrogens is 2. The highest BCUT2D eigenvalue weighted by Crippen LogP contribution is 2.37. The van der Waals surface area contributed by atoms with E-state index in [2.05, 4.69) is 10.2 Å². The third-order valence-electron chi connectivity index (χ3n) is 8.17. The van der Waals surface area contributed by atoms with Gasteiger partial charge in [0.2, 0.25) is 15.9 Å². The first-order chi connectivity index (χ1) is 18.8. The topological polar surface area (TPSA) is 95.6 Å². The number of likely N-dealkylation sites (tertiary alicyclic amines) is 1. The molecule has 2 aromatic carbocycles. The van der Waals surface area contributed by atoms with E-state index in [-0.39, 0.29) is 22.8 Å². The third-order valence-corrected chi connectivity index (χ3v) is 10.8. The maximum absolute atomic E-state index is 13.4. The van der Waals surface area contributed by atoms with Crippen molar-refractivity contribution >= 4 is 39.1 Å². The highest BCUT2D eigenvalue weighted by atomic mass is 35.5. The van der Waals surface area contributed by atoms with Gasteiger partial charge in [-0.2, -0.15) is 9.40 Å². The molecule has 0 spiro atoms. The number of aryl methyl sites for hydroxylation is 1. The summed E-state index contributed by atoms with van der Waals surface area (Å²) in [4.78, 5) is 15.6. The van der Waals surface area contributed by atoms with Gasteiger partial charge < -0.3 is 9.64 Å². The zero-order valence-electron chi connectivity index (χ0n) is 21.4. The number of hydrogen-bond acceptors (Lipinski definition) is 5. The number of carbonyl (C=O) groups excluding carboxylic acids is 1. The summed E-state index contributed by atoms with van der Waals surface area (Å²) in [6.07, 6.45) is 5.84. The van der Waals surface area contributed by atoms with Gasteiger partial charge in [-0.15, -0.1) is 0 Å². The van der Waals surface area contributed by atoms with E-state index in [4.69, 9.17) is 27.9 Å². The molecule has 3 heterocycles. The number of nitrogens with zero attached hydrogens (tertiary/aromatic N) is 3. The Balaban J connectivity index is 1.15. The number of H-pyrrole nitrogens is 1. The average molecular weight is 590 g/mol. The number of halogens is 2. The maximum Gasteiger partial charge on any atom is 0.243 e. The minimum Gasteiger partial charge on any atom is -0.379 e. The smallest absolute Gasteiger partial charge is 0.243 e. The largest absolute Gasteiger partial charge is 0.379 e. The number of amides is 1. The lowest BCUT2D eigenvalue weighted by Crippen LogP contribution is -2.41. The van der Waals surface area contributed by atoms with Crippen LogP contribution in [0.3, 0.4) is 0 Å². The van der Waals surface area contributed by atoms with Crippen molar-refractivity contribution in [2.75, 3.05) is 32.8 Å². The molecule has 0 saturated carbocycles. The fourth-order valence-corrected chi connectivity index (χ4v) is 7.99. The lowest BCUT2D eigenvalue weighted by molar-refractivity contribution is -0.133. The van der Waals surface area contributed by atoms with Gasteiger partial charge in [0.1, 0.15) is 0 Å². The SMILES string of the molecule is O=C1[C@H](Cc2c(Cl)cc(-c3ccc(S(=O)(=O)N4CCOCC4)cc3)cc2Cl)CCN1C1CCc2[nH]ncc2C1. The highest BCUT2D eigenvalue weighted by molar-refractivity contribution is 7.89. The van der Waals surface area contributed by atoms with Crippen LogP contribution in [0.15, 0.2) is 47.5 Å². The van der Waals surface area contributed by atoms with Crippen LogP contribution in [-0.4, -0.2) is 72.6 Å². The first-order valence-electron chi connectivity index (χ1n) is 13.3. The van der Waals surface area contributed by atoms with E-state index in [1.54, 1.807) is 24.3 Å². The second-order valence-corrected chi connectivity index (χ2v) is 13.2. The Labute approximate surface area is 238 Å². The van der Waals surface area contributed by atoms with Crippen LogP contribution >= 0.6 is 23.2 Å². The number of hydrogen-bond donors (Lipinski definition) is 1. The van der Waals surface area contributed by atoms with E-state index in [0.717, 1.165) is 48.9 Å². The van der Waals surface area contributed by atoms with Crippen molar-refractivity contribution in [2.45, 2.75) is 43.0 Å². The molecule has 206 valence electrons. The minimum atomic E-state index is -3.57. The number of ether oxygens (including phenoxy) is 1. The van der Waals surface area contributed by atoms with Crippen LogP contribution in [0, 0.1) is 5.92 Å². The number of morpholine rings is 1. The van der Waals surface area contributed by atoms with Gasteiger partial charge in [-0.1, -0.05) is 35.3 Å². The zero-order valence-corrected chi connectivity index (χ0v) is 23.7. The molecule has 2 fully saturated rings. The maximum atomic E-state index is 13.4. The fraction of sp³-hybridized carbons (Fsp3) is 0.429. The number of sulfonamides is 1. The number of rotatable bonds is 6. The predicted molar refractivity (Wildman–Crippen MR) is 149 cm³/mol. The van der Waals surface area contributed by atoms with Gasteiger partial charge in [-0.05, 0) is 78.6 Å². The van der Waals surface area contributed by atoms with Gasteiger partial charge in [-0.3, -0.25) is 9.89 Å². The number of aromatic amines is 1. The van der Waals surface area contributed by atoms with Gasteiger partial charge in [-0.25, -0.2) is 8.42 Å². The van der Waals surface area contributed by atoms with Crippen molar-refractivity contribution in [3.8, 4) is 11.1 Å². The Morgan fingerprint density at radius 2 is 1.72 bits per heavy atom. The number of benzene rings is 2. The van der Waals surface area contributed by atoms with Gasteiger partial charge in [0.05, 0.1) is 24.3 Å². The first-order valence-corrected chi connectivity index (χ1v) is 15.5. The molecular formula is C28H30Cl2N4O4S. The summed E-state index contributed by atoms with van der Waals surface area (Å²) >= 11 is 13.4. The molecule has 8 nitrogen and oxygen atoms in total. The first kappa shape index (κ1) is 26.8. The van der Waals surface area contributed by atoms with Crippen LogP contribution in [0.25, 0.3) is 11.1 Å². The van der Waals surface area contributed by atoms with E-state index >= 15 is 0 Å². The van der Waals surface area contributed by atoms with E-state index in [1.807, 2.05) is 23.2 Å². The number of nitrogens with one attached hydrogen (secondary N) is 1. The molecule has 1 aromatic heterocycles. The van der Waals surface area contributed by atoms with Crippen molar-refractivity contribution in [3.63, 3.8) is 0 Å². The second-order valence-electron chi connectivity index (χ2n) is 10.5. The molecule has 3 aliphatic rings. The van der Waals surface area contributed by atoms with E-state index < -0.39 is 10.0 Å². The lowest BCUT2D eigenvalue weighted by Gasteiger charge is -2.31. The molecule has 0 radical (unpaired) electrons. The van der Waals surface area contributed by atoms with Crippen molar-refractivity contribution < 1.29 is 17.9 Å². The van der Waals surface area contributed by atoms with Crippen molar-refractivity contribution in [1.82, 2.24) is 19.4 Å². The summed E-state index contributed by atoms with van der Waals surface area (Å²) in [5.41, 5.74) is 4.76. The summed E-state index contributed by atoms with van der Waals surface area (Å²) < 4.78 is 32.6. The zero-order chi connectivity index (χ0) is 27.1. The summed E-state index contributed by atoms with van der Waals surface area (Å²) in [6.45, 7) is 2.25. The Morgan fingerprint density at radius 1 is 1.00 bits per heavy atom. The van der Waals surface area contributed by atoms with Crippen LogP contribution in [0.4, 0.5) is 0 Å². The van der Waals surface area contributed by atoms with Gasteiger partial charge >= 0.3 is 0 Å². The summed E-state index contributed by atoms with van der Waals surface area (Å²) in [5.74, 6) is 0.0153. The molecular weight excluding hydrogens is 559 g/mol. The van der Waals surface area contributed by atoms with E-state index in [9.17, 15) is 13.2 Å². The van der Waals surface area contributed by atoms with Crippen LogP contribution in [-0.2, 0) is 38.8 Å². The van der Waals surface area contributed by atoms with Crippen LogP contribution < -0.4 is 0 Å². The Hall–Kier alpha value is -2.43. The van der Waals surface area contributed by atoms with Crippen LogP contribution in [0.1, 0.15) is 29.7 Å². The fourth-order valence-electron chi connectivity index (χ4n) is 5.94. The molecule has 2 saturated heterocycles. The van der Waals surface area contributed by atoms with Crippen molar-refractivity contribution in [1.29, 1.82) is 0 Å². The lowest BCUT2D eigenvalue weighted by atomic mass is 9.92. The average Bonchev–Trinajstić information content (AvgIpc) is 3.57. The molecule has 6 rings (SSSR count). The molecule has 0 bridgehead atoms. The molecule has 1 aliphatic carbocycles. The van der Waals surface area contributed by atoms with E-state index in [0.29, 0.717) is 42.8 Å². The molecule has 3 aromatic rings. The molecule has 1 amide bonds. The molecule has 11 heteroatoms. The second kappa shape index (κ2) is 10.9. The Bertz CT molecular complexity index is 1460. The highest BCUT2D eigenvalue weighted by Gasteiger charge is 2.38. The van der Waals surface area contributed by atoms with Crippen LogP contribution in [0.5, 0.6) is 0 Å². The molecule has 1 unspecified atom stereocenters. The third kappa shape index (κ3) is 5.23. The monoisotopic (exact) mass is 588 g/mol. The van der Waals surface area contributed by atoms with Crippen LogP contribution in [0.2, 0.25) is 10.0 Å². The standard InChI is InChI=1S/C28H30Cl2N4O4S/c29-25-15-20(18-1-4-23(5-2-18)39(36,37)33-9-11-38-12-10-33)16-26(30)24(25)14-19-7-8-34(28(19)35)22-3-6-27-21(13-22)17-31-32-27/h1-2,4-5,15-17,19,22H,3,6-14H2,(H,31,32)/t19-,22?/m0/s1. The Morgan fingerprint density at radius 3 is 2.44 bits per heavy atom. The summed E-state index contributed by atoms with van der Waals surface area (Å²) in [5, 5.41) is 8.22. The number of carbonyl (C=O) groups is 1. The number of fused-ring (bicyclic) bond motifs is 1. The quantitative estimate of drug-likeness (QED) is 0.462. The summed E-state index contributed by atoms with van der Waals surface area (Å²) in [6, 6.07) is 10.6. The van der Waals surface area contributed by atoms with E-state index in [1.165, 1.54) is 15.6 Å². The normalized spacial score (nSPS) is 22.3. The van der Waals surface area contributed by atoms with Gasteiger partial charge in [0.25, 0.3) is 0 Å². The Kier molecular flexibility index (Phi) is 7.45. The molecule has 39 heavy (non-hydrogen) atoms. The molecule has 2 aliphatic heterocycles. The minimum absolute atomic E-state index is 0.152. The van der Waals surface area contributed by atoms with Crippen molar-refractivity contribution in [2.24, 2.45) is 5.92 Å². The molecule has 1 N–H and O–H groups in total. The summed E-state index contributed by atoms with van der Waals surface area (Å²) in [7, 11) is -3.57. The van der Waals surface area contributed by atoms with Gasteiger partial charge in [0.15, 0.2) is 0 Å². The van der Waals surface area contributed by atoms with Crippen molar-refractivity contribution in [3.05, 3.63) is 69.5 Å².